The van der Waals surface area contributed by atoms with Crippen molar-refractivity contribution >= 4 is 35.0 Å². The SMILES string of the molecule is COc1ccc(C)cc1-n1nnnc1SCC(=O)N(CCC#N)c1ccc(Cl)c(C)c1. The summed E-state index contributed by atoms with van der Waals surface area (Å²) in [5.41, 5.74) is 3.27. The number of methoxy groups -OCH3 is 1. The number of tetrazole rings is 1. The third-order valence-corrected chi connectivity index (χ3v) is 5.86. The number of carbonyl (C=O) groups is 1. The Bertz CT molecular complexity index is 1130. The molecular weight excluding hydrogens is 436 g/mol. The molecule has 0 radical (unpaired) electrons. The number of anilines is 1. The topological polar surface area (TPSA) is 96.9 Å². The minimum absolute atomic E-state index is 0.0988. The van der Waals surface area contributed by atoms with Crippen LogP contribution in [0.4, 0.5) is 5.69 Å². The summed E-state index contributed by atoms with van der Waals surface area (Å²) in [6, 6.07) is 13.1. The number of aryl methyl sites for hydroxylation is 2. The van der Waals surface area contributed by atoms with Gasteiger partial charge in [0, 0.05) is 17.3 Å². The van der Waals surface area contributed by atoms with Crippen molar-refractivity contribution in [2.75, 3.05) is 24.3 Å². The van der Waals surface area contributed by atoms with Crippen LogP contribution in [-0.4, -0.2) is 45.5 Å². The van der Waals surface area contributed by atoms with Gasteiger partial charge in [-0.2, -0.15) is 9.94 Å². The van der Waals surface area contributed by atoms with Crippen LogP contribution in [0.1, 0.15) is 17.5 Å². The monoisotopic (exact) mass is 456 g/mol. The zero-order chi connectivity index (χ0) is 22.4. The number of benzene rings is 2. The Morgan fingerprint density at radius 1 is 1.29 bits per heavy atom. The van der Waals surface area contributed by atoms with Crippen LogP contribution in [0.5, 0.6) is 5.75 Å². The molecule has 0 aliphatic rings. The van der Waals surface area contributed by atoms with Crippen LogP contribution in [0.3, 0.4) is 0 Å². The molecule has 0 saturated carbocycles. The zero-order valence-electron chi connectivity index (χ0n) is 17.4. The molecule has 160 valence electrons. The van der Waals surface area contributed by atoms with Gasteiger partial charge in [-0.3, -0.25) is 4.79 Å². The third kappa shape index (κ3) is 5.34. The number of halogens is 1. The fraction of sp³-hybridized carbons (Fsp3) is 0.286. The van der Waals surface area contributed by atoms with E-state index in [2.05, 4.69) is 21.6 Å². The van der Waals surface area contributed by atoms with E-state index in [4.69, 9.17) is 21.6 Å². The summed E-state index contributed by atoms with van der Waals surface area (Å²) in [6.45, 7) is 4.12. The number of nitrogens with zero attached hydrogens (tertiary/aromatic N) is 6. The Kier molecular flexibility index (Phi) is 7.50. The molecule has 31 heavy (non-hydrogen) atoms. The lowest BCUT2D eigenvalue weighted by Gasteiger charge is -2.22. The van der Waals surface area contributed by atoms with Crippen molar-refractivity contribution in [3.63, 3.8) is 0 Å². The molecular formula is C21H21ClN6O2S. The van der Waals surface area contributed by atoms with Crippen molar-refractivity contribution in [3.05, 3.63) is 52.5 Å². The van der Waals surface area contributed by atoms with E-state index in [0.717, 1.165) is 11.1 Å². The van der Waals surface area contributed by atoms with Crippen molar-refractivity contribution in [2.24, 2.45) is 0 Å². The lowest BCUT2D eigenvalue weighted by molar-refractivity contribution is -0.116. The lowest BCUT2D eigenvalue weighted by Crippen LogP contribution is -2.33. The van der Waals surface area contributed by atoms with E-state index < -0.39 is 0 Å². The van der Waals surface area contributed by atoms with Crippen molar-refractivity contribution in [2.45, 2.75) is 25.4 Å². The maximum absolute atomic E-state index is 13.0. The second kappa shape index (κ2) is 10.3. The van der Waals surface area contributed by atoms with Crippen molar-refractivity contribution in [1.29, 1.82) is 5.26 Å². The number of hydrogen-bond donors (Lipinski definition) is 0. The summed E-state index contributed by atoms with van der Waals surface area (Å²) < 4.78 is 6.98. The lowest BCUT2D eigenvalue weighted by atomic mass is 10.2. The van der Waals surface area contributed by atoms with Gasteiger partial charge in [0.05, 0.1) is 25.4 Å². The highest BCUT2D eigenvalue weighted by Crippen LogP contribution is 2.28. The number of nitriles is 1. The Morgan fingerprint density at radius 2 is 2.10 bits per heavy atom. The first-order valence-electron chi connectivity index (χ1n) is 9.44. The highest BCUT2D eigenvalue weighted by Gasteiger charge is 2.20. The van der Waals surface area contributed by atoms with Gasteiger partial charge in [0.25, 0.3) is 0 Å². The molecule has 0 fully saturated rings. The molecule has 0 bridgehead atoms. The van der Waals surface area contributed by atoms with E-state index >= 15 is 0 Å². The molecule has 8 nitrogen and oxygen atoms in total. The fourth-order valence-corrected chi connectivity index (χ4v) is 3.82. The molecule has 1 aromatic heterocycles. The fourth-order valence-electron chi connectivity index (χ4n) is 2.95. The molecule has 0 spiro atoms. The van der Waals surface area contributed by atoms with E-state index in [0.29, 0.717) is 27.3 Å². The van der Waals surface area contributed by atoms with Crippen molar-refractivity contribution in [1.82, 2.24) is 20.2 Å². The summed E-state index contributed by atoms with van der Waals surface area (Å²) in [4.78, 5) is 14.6. The number of thioether (sulfide) groups is 1. The number of amides is 1. The maximum Gasteiger partial charge on any atom is 0.237 e. The molecule has 10 heteroatoms. The van der Waals surface area contributed by atoms with E-state index in [1.807, 2.05) is 38.1 Å². The second-order valence-corrected chi connectivity index (χ2v) is 8.07. The molecule has 1 amide bonds. The smallest absolute Gasteiger partial charge is 0.237 e. The van der Waals surface area contributed by atoms with Crippen LogP contribution < -0.4 is 9.64 Å². The average molecular weight is 457 g/mol. The predicted molar refractivity (Wildman–Crippen MR) is 120 cm³/mol. The highest BCUT2D eigenvalue weighted by atomic mass is 35.5. The highest BCUT2D eigenvalue weighted by molar-refractivity contribution is 7.99. The number of aromatic nitrogens is 4. The van der Waals surface area contributed by atoms with E-state index in [1.165, 1.54) is 11.8 Å². The summed E-state index contributed by atoms with van der Waals surface area (Å²) in [6.07, 6.45) is 0.219. The minimum atomic E-state index is -0.160. The number of hydrogen-bond acceptors (Lipinski definition) is 7. The van der Waals surface area contributed by atoms with Gasteiger partial charge in [-0.25, -0.2) is 0 Å². The van der Waals surface area contributed by atoms with Crippen molar-refractivity contribution < 1.29 is 9.53 Å². The molecule has 0 saturated heterocycles. The van der Waals surface area contributed by atoms with E-state index in [1.54, 1.807) is 28.8 Å². The molecule has 3 rings (SSSR count). The molecule has 0 aliphatic carbocycles. The molecule has 0 unspecified atom stereocenters. The maximum atomic E-state index is 13.0. The van der Waals surface area contributed by atoms with Gasteiger partial charge in [-0.15, -0.1) is 5.10 Å². The Labute approximate surface area is 189 Å². The molecule has 1 heterocycles. The van der Waals surface area contributed by atoms with Crippen LogP contribution >= 0.6 is 23.4 Å². The summed E-state index contributed by atoms with van der Waals surface area (Å²) in [5.74, 6) is 0.563. The Balaban J connectivity index is 1.81. The first kappa shape index (κ1) is 22.6. The number of ether oxygens (including phenoxy) is 1. The zero-order valence-corrected chi connectivity index (χ0v) is 18.9. The first-order chi connectivity index (χ1) is 14.9. The Hall–Kier alpha value is -3.09. The summed E-state index contributed by atoms with van der Waals surface area (Å²) in [7, 11) is 1.58. The molecule has 2 aromatic carbocycles. The van der Waals surface area contributed by atoms with Gasteiger partial charge in [0.2, 0.25) is 11.1 Å². The van der Waals surface area contributed by atoms with Crippen LogP contribution in [0, 0.1) is 25.2 Å². The normalized spacial score (nSPS) is 10.5. The standard InChI is InChI=1S/C21H21ClN6O2S/c1-14-5-8-19(30-3)18(11-14)28-21(24-25-26-28)31-13-20(29)27(10-4-9-23)16-6-7-17(22)15(2)12-16/h5-8,11-12H,4,10,13H2,1-3H3. The van der Waals surface area contributed by atoms with Crippen LogP contribution in [0.2, 0.25) is 5.02 Å². The van der Waals surface area contributed by atoms with Gasteiger partial charge in [-0.05, 0) is 65.7 Å². The summed E-state index contributed by atoms with van der Waals surface area (Å²) in [5, 5.41) is 22.0. The molecule has 3 aromatic rings. The second-order valence-electron chi connectivity index (χ2n) is 6.72. The predicted octanol–water partition coefficient (Wildman–Crippen LogP) is 3.98. The number of rotatable bonds is 8. The largest absolute Gasteiger partial charge is 0.494 e. The quantitative estimate of drug-likeness (QED) is 0.473. The van der Waals surface area contributed by atoms with Crippen LogP contribution in [0.25, 0.3) is 5.69 Å². The van der Waals surface area contributed by atoms with Gasteiger partial charge in [-0.1, -0.05) is 29.4 Å². The summed E-state index contributed by atoms with van der Waals surface area (Å²) >= 11 is 7.33. The Morgan fingerprint density at radius 3 is 2.81 bits per heavy atom. The first-order valence-corrected chi connectivity index (χ1v) is 10.8. The van der Waals surface area contributed by atoms with Crippen molar-refractivity contribution in [3.8, 4) is 17.5 Å². The van der Waals surface area contributed by atoms with Crippen LogP contribution in [-0.2, 0) is 4.79 Å². The minimum Gasteiger partial charge on any atom is -0.494 e. The third-order valence-electron chi connectivity index (χ3n) is 4.53. The van der Waals surface area contributed by atoms with Gasteiger partial charge in [0.1, 0.15) is 11.4 Å². The van der Waals surface area contributed by atoms with Crippen LogP contribution in [0.15, 0.2) is 41.6 Å². The van der Waals surface area contributed by atoms with E-state index in [9.17, 15) is 4.79 Å². The number of carbonyl (C=O) groups excluding carboxylic acids is 1. The molecule has 0 N–H and O–H groups in total. The van der Waals surface area contributed by atoms with Gasteiger partial charge in [0.15, 0.2) is 0 Å². The van der Waals surface area contributed by atoms with E-state index in [-0.39, 0.29) is 24.6 Å². The van der Waals surface area contributed by atoms with Gasteiger partial charge >= 0.3 is 0 Å². The van der Waals surface area contributed by atoms with Gasteiger partial charge < -0.3 is 9.64 Å². The average Bonchev–Trinajstić information content (AvgIpc) is 3.23. The molecule has 0 atom stereocenters. The molecule has 0 aliphatic heterocycles.